The van der Waals surface area contributed by atoms with Crippen molar-refractivity contribution in [2.45, 2.75) is 221 Å². The Morgan fingerprint density at radius 1 is 0.610 bits per heavy atom. The van der Waals surface area contributed by atoms with Crippen LogP contribution >= 0.6 is 0 Å². The summed E-state index contributed by atoms with van der Waals surface area (Å²) < 4.78 is 0. The van der Waals surface area contributed by atoms with Crippen LogP contribution in [0.1, 0.15) is 208 Å². The minimum Gasteiger partial charge on any atom is -0.308 e. The lowest BCUT2D eigenvalue weighted by Gasteiger charge is -2.37. The third-order valence-corrected chi connectivity index (χ3v) is 10.7. The maximum Gasteiger partial charge on any atom is 0.0252 e. The first-order chi connectivity index (χ1) is 20.2. The normalized spacial score (nSPS) is 27.9. The van der Waals surface area contributed by atoms with E-state index in [0.29, 0.717) is 6.04 Å². The average molecular weight is 574 g/mol. The number of hydrogen-bond acceptors (Lipinski definition) is 1. The topological polar surface area (TPSA) is 12.0 Å². The maximum atomic E-state index is 3.92. The van der Waals surface area contributed by atoms with Gasteiger partial charge in [-0.1, -0.05) is 169 Å². The van der Waals surface area contributed by atoms with E-state index in [1.165, 1.54) is 154 Å². The highest BCUT2D eigenvalue weighted by Gasteiger charge is 2.29. The van der Waals surface area contributed by atoms with Gasteiger partial charge in [0.1, 0.15) is 0 Å². The fraction of sp³-hybridized carbons (Fsp3) is 0.950. The Kier molecular flexibility index (Phi) is 25.8. The molecule has 0 amide bonds. The molecule has 4 aliphatic rings. The van der Waals surface area contributed by atoms with Crippen molar-refractivity contribution in [3.05, 3.63) is 12.2 Å². The summed E-state index contributed by atoms with van der Waals surface area (Å²) in [6.07, 6.45) is 42.9. The van der Waals surface area contributed by atoms with Crippen molar-refractivity contribution in [3.8, 4) is 0 Å². The van der Waals surface area contributed by atoms with Crippen molar-refractivity contribution in [3.63, 3.8) is 0 Å². The standard InChI is InChI=1S/C25H45N.C7H14.C6H14.C2H6/c1-3-7-24(26-25-9-4-5-10-25)11-6-8-21-14-18-23(19-15-21)22-16-12-20(2)13-17-22;1-2-4-6-7-5-3-1;1-3-5-6-4-2;1-2/h3,7,20-26H,4-6,8-19H2,1-2H3;1-7H2;3-6H2,1-2H3;1-2H3. The summed E-state index contributed by atoms with van der Waals surface area (Å²) in [6.45, 7) is 13.1. The zero-order valence-electron chi connectivity index (χ0n) is 29.5. The molecule has 4 fully saturated rings. The highest BCUT2D eigenvalue weighted by atomic mass is 14.9. The molecule has 0 bridgehead atoms. The van der Waals surface area contributed by atoms with Gasteiger partial charge >= 0.3 is 0 Å². The summed E-state index contributed by atoms with van der Waals surface area (Å²) >= 11 is 0. The summed E-state index contributed by atoms with van der Waals surface area (Å²) in [5, 5.41) is 3.92. The fourth-order valence-electron chi connectivity index (χ4n) is 7.93. The van der Waals surface area contributed by atoms with Gasteiger partial charge in [-0.25, -0.2) is 0 Å². The molecule has 0 saturated heterocycles. The van der Waals surface area contributed by atoms with Crippen molar-refractivity contribution in [2.24, 2.45) is 23.7 Å². The van der Waals surface area contributed by atoms with Gasteiger partial charge in [0.25, 0.3) is 0 Å². The van der Waals surface area contributed by atoms with Crippen molar-refractivity contribution in [1.29, 1.82) is 0 Å². The number of hydrogen-bond donors (Lipinski definition) is 1. The smallest absolute Gasteiger partial charge is 0.0252 e. The summed E-state index contributed by atoms with van der Waals surface area (Å²) in [7, 11) is 0. The Morgan fingerprint density at radius 3 is 1.51 bits per heavy atom. The SMILES string of the molecule is C1CCCCCC1.CC.CC=CC(CCCC1CCC(C2CCC(C)CC2)CC1)NC1CCCC1.CCCCCC. The largest absolute Gasteiger partial charge is 0.308 e. The van der Waals surface area contributed by atoms with Crippen LogP contribution in [0.15, 0.2) is 12.2 Å². The first kappa shape index (κ1) is 38.7. The van der Waals surface area contributed by atoms with Gasteiger partial charge in [-0.15, -0.1) is 0 Å². The lowest BCUT2D eigenvalue weighted by atomic mass is 9.69. The van der Waals surface area contributed by atoms with Gasteiger partial charge < -0.3 is 5.32 Å². The van der Waals surface area contributed by atoms with E-state index in [-0.39, 0.29) is 0 Å². The summed E-state index contributed by atoms with van der Waals surface area (Å²) in [4.78, 5) is 0. The molecule has 1 unspecified atom stereocenters. The Balaban J connectivity index is 0.000000459. The second-order valence-electron chi connectivity index (χ2n) is 14.2. The number of unbranched alkanes of at least 4 members (excludes halogenated alkanes) is 3. The number of nitrogens with one attached hydrogen (secondary N) is 1. The minimum absolute atomic E-state index is 0.628. The molecule has 0 aromatic rings. The van der Waals surface area contributed by atoms with Gasteiger partial charge in [0, 0.05) is 12.1 Å². The van der Waals surface area contributed by atoms with Crippen LogP contribution in [0, 0.1) is 23.7 Å². The quantitative estimate of drug-likeness (QED) is 0.147. The molecule has 244 valence electrons. The van der Waals surface area contributed by atoms with Gasteiger partial charge in [-0.05, 0) is 75.5 Å². The highest BCUT2D eigenvalue weighted by Crippen LogP contribution is 2.42. The molecular formula is C40H79N. The van der Waals surface area contributed by atoms with Crippen molar-refractivity contribution < 1.29 is 0 Å². The molecule has 4 saturated carbocycles. The van der Waals surface area contributed by atoms with E-state index >= 15 is 0 Å². The average Bonchev–Trinajstić information content (AvgIpc) is 3.34. The Labute approximate surface area is 261 Å². The van der Waals surface area contributed by atoms with E-state index < -0.39 is 0 Å². The predicted molar refractivity (Wildman–Crippen MR) is 188 cm³/mol. The molecule has 0 spiro atoms. The minimum atomic E-state index is 0.628. The monoisotopic (exact) mass is 574 g/mol. The van der Waals surface area contributed by atoms with Crippen molar-refractivity contribution in [2.75, 3.05) is 0 Å². The first-order valence-electron chi connectivity index (χ1n) is 19.5. The van der Waals surface area contributed by atoms with Gasteiger partial charge in [0.05, 0.1) is 0 Å². The third kappa shape index (κ3) is 19.6. The Bertz CT molecular complexity index is 522. The van der Waals surface area contributed by atoms with Gasteiger partial charge in [-0.2, -0.15) is 0 Å². The van der Waals surface area contributed by atoms with Crippen LogP contribution in [0.3, 0.4) is 0 Å². The van der Waals surface area contributed by atoms with Crippen LogP contribution in [0.5, 0.6) is 0 Å². The highest BCUT2D eigenvalue weighted by molar-refractivity contribution is 4.93. The summed E-state index contributed by atoms with van der Waals surface area (Å²) in [5.41, 5.74) is 0. The molecule has 41 heavy (non-hydrogen) atoms. The number of allylic oxidation sites excluding steroid dienone is 1. The zero-order chi connectivity index (χ0) is 30.0. The van der Waals surface area contributed by atoms with E-state index in [0.717, 1.165) is 29.7 Å². The fourth-order valence-corrected chi connectivity index (χ4v) is 7.93. The van der Waals surface area contributed by atoms with Crippen LogP contribution in [-0.4, -0.2) is 12.1 Å². The van der Waals surface area contributed by atoms with E-state index in [1.807, 2.05) is 13.8 Å². The van der Waals surface area contributed by atoms with Crippen LogP contribution in [0.4, 0.5) is 0 Å². The lowest BCUT2D eigenvalue weighted by Crippen LogP contribution is -2.35. The van der Waals surface area contributed by atoms with Crippen LogP contribution in [0.2, 0.25) is 0 Å². The van der Waals surface area contributed by atoms with Gasteiger partial charge in [-0.3, -0.25) is 0 Å². The summed E-state index contributed by atoms with van der Waals surface area (Å²) in [5.74, 6) is 4.21. The number of rotatable bonds is 11. The molecule has 1 nitrogen and oxygen atoms in total. The van der Waals surface area contributed by atoms with Crippen molar-refractivity contribution in [1.82, 2.24) is 5.32 Å². The second-order valence-corrected chi connectivity index (χ2v) is 14.2. The Morgan fingerprint density at radius 2 is 1.07 bits per heavy atom. The molecule has 1 N–H and O–H groups in total. The van der Waals surface area contributed by atoms with Gasteiger partial charge in [0.15, 0.2) is 0 Å². The predicted octanol–water partition coefficient (Wildman–Crippen LogP) is 13.6. The maximum absolute atomic E-state index is 3.92. The van der Waals surface area contributed by atoms with E-state index in [2.05, 4.69) is 45.2 Å². The van der Waals surface area contributed by atoms with Crippen LogP contribution in [-0.2, 0) is 0 Å². The molecule has 4 rings (SSSR count). The molecular weight excluding hydrogens is 494 g/mol. The summed E-state index contributed by atoms with van der Waals surface area (Å²) in [6, 6.07) is 1.42. The molecule has 0 aliphatic heterocycles. The molecule has 1 atom stereocenters. The van der Waals surface area contributed by atoms with E-state index in [9.17, 15) is 0 Å². The second kappa shape index (κ2) is 27.3. The lowest BCUT2D eigenvalue weighted by molar-refractivity contribution is 0.146. The van der Waals surface area contributed by atoms with Crippen LogP contribution in [0.25, 0.3) is 0 Å². The van der Waals surface area contributed by atoms with E-state index in [4.69, 9.17) is 0 Å². The Hall–Kier alpha value is -0.300. The third-order valence-electron chi connectivity index (χ3n) is 10.7. The molecule has 0 radical (unpaired) electrons. The van der Waals surface area contributed by atoms with E-state index in [1.54, 1.807) is 12.8 Å². The first-order valence-corrected chi connectivity index (χ1v) is 19.5. The zero-order valence-corrected chi connectivity index (χ0v) is 29.5. The molecule has 1 heteroatoms. The van der Waals surface area contributed by atoms with Gasteiger partial charge in [0.2, 0.25) is 0 Å². The molecule has 0 aromatic heterocycles. The van der Waals surface area contributed by atoms with Crippen LogP contribution < -0.4 is 5.32 Å². The molecule has 0 heterocycles. The van der Waals surface area contributed by atoms with Crippen molar-refractivity contribution >= 4 is 0 Å². The molecule has 0 aromatic carbocycles. The molecule has 4 aliphatic carbocycles.